The van der Waals surface area contributed by atoms with Crippen LogP contribution in [0.15, 0.2) is 0 Å². The summed E-state index contributed by atoms with van der Waals surface area (Å²) in [6, 6.07) is 0. The topological polar surface area (TPSA) is 26.3 Å². The first-order valence-corrected chi connectivity index (χ1v) is 5.90. The van der Waals surface area contributed by atoms with Gasteiger partial charge in [0.2, 0.25) is 0 Å². The Morgan fingerprint density at radius 1 is 1.27 bits per heavy atom. The Morgan fingerprint density at radius 3 is 2.13 bits per heavy atom. The second-order valence-electron chi connectivity index (χ2n) is 5.88. The van der Waals surface area contributed by atoms with E-state index in [2.05, 4.69) is 34.6 Å². The van der Waals surface area contributed by atoms with E-state index in [-0.39, 0.29) is 22.9 Å². The van der Waals surface area contributed by atoms with E-state index >= 15 is 0 Å². The first-order chi connectivity index (χ1) is 6.73. The lowest BCUT2D eigenvalue weighted by Gasteiger charge is -2.40. The summed E-state index contributed by atoms with van der Waals surface area (Å²) in [6.07, 6.45) is 2.25. The summed E-state index contributed by atoms with van der Waals surface area (Å²) in [5.41, 5.74) is 0.307. The largest absolute Gasteiger partial charge is 0.462 e. The zero-order valence-electron chi connectivity index (χ0n) is 10.9. The maximum atomic E-state index is 11.1. The van der Waals surface area contributed by atoms with Crippen molar-refractivity contribution >= 4 is 5.97 Å². The van der Waals surface area contributed by atoms with E-state index in [0.29, 0.717) is 5.92 Å². The van der Waals surface area contributed by atoms with Crippen LogP contribution in [0.4, 0.5) is 0 Å². The number of esters is 1. The molecule has 0 bridgehead atoms. The third-order valence-electron chi connectivity index (χ3n) is 4.79. The third kappa shape index (κ3) is 1.91. The van der Waals surface area contributed by atoms with Gasteiger partial charge in [-0.15, -0.1) is 0 Å². The fourth-order valence-electron chi connectivity index (χ4n) is 2.86. The standard InChI is InChI=1S/C13H24O2/c1-7-10-8-11(15-9(2)14)13(5,6)12(10,3)4/h10-11H,7-8H2,1-6H3. The first kappa shape index (κ1) is 12.5. The van der Waals surface area contributed by atoms with Gasteiger partial charge in [0.15, 0.2) is 0 Å². The van der Waals surface area contributed by atoms with E-state index in [1.807, 2.05) is 0 Å². The summed E-state index contributed by atoms with van der Waals surface area (Å²) in [6.45, 7) is 12.8. The van der Waals surface area contributed by atoms with Crippen LogP contribution >= 0.6 is 0 Å². The van der Waals surface area contributed by atoms with Crippen LogP contribution in [0.1, 0.15) is 54.4 Å². The molecule has 0 amide bonds. The number of carbonyl (C=O) groups is 1. The lowest BCUT2D eigenvalue weighted by molar-refractivity contribution is -0.152. The highest BCUT2D eigenvalue weighted by Gasteiger charge is 2.55. The molecule has 1 aliphatic rings. The monoisotopic (exact) mass is 212 g/mol. The highest BCUT2D eigenvalue weighted by Crippen LogP contribution is 2.57. The van der Waals surface area contributed by atoms with Crippen LogP contribution in [-0.2, 0) is 9.53 Å². The molecule has 15 heavy (non-hydrogen) atoms. The minimum Gasteiger partial charge on any atom is -0.462 e. The van der Waals surface area contributed by atoms with Gasteiger partial charge < -0.3 is 4.74 Å². The summed E-state index contributed by atoms with van der Waals surface area (Å²) in [5, 5.41) is 0. The average molecular weight is 212 g/mol. The number of ether oxygens (including phenoxy) is 1. The highest BCUT2D eigenvalue weighted by molar-refractivity contribution is 5.66. The molecule has 1 saturated carbocycles. The van der Waals surface area contributed by atoms with Gasteiger partial charge in [0.05, 0.1) is 0 Å². The first-order valence-electron chi connectivity index (χ1n) is 5.90. The van der Waals surface area contributed by atoms with Crippen molar-refractivity contribution in [2.75, 3.05) is 0 Å². The number of rotatable bonds is 2. The molecule has 0 saturated heterocycles. The molecule has 1 aliphatic carbocycles. The zero-order chi connectivity index (χ0) is 11.9. The van der Waals surface area contributed by atoms with Crippen molar-refractivity contribution in [2.45, 2.75) is 60.5 Å². The summed E-state index contributed by atoms with van der Waals surface area (Å²) in [4.78, 5) is 11.1. The van der Waals surface area contributed by atoms with Crippen LogP contribution in [0, 0.1) is 16.7 Å². The normalized spacial score (nSPS) is 32.7. The fourth-order valence-corrected chi connectivity index (χ4v) is 2.86. The van der Waals surface area contributed by atoms with Gasteiger partial charge in [0.25, 0.3) is 0 Å². The van der Waals surface area contributed by atoms with Crippen molar-refractivity contribution in [3.63, 3.8) is 0 Å². The van der Waals surface area contributed by atoms with Crippen LogP contribution in [0.25, 0.3) is 0 Å². The molecule has 88 valence electrons. The van der Waals surface area contributed by atoms with Gasteiger partial charge in [-0.05, 0) is 17.8 Å². The highest BCUT2D eigenvalue weighted by atomic mass is 16.5. The fraction of sp³-hybridized carbons (Fsp3) is 0.923. The Hall–Kier alpha value is -0.530. The maximum absolute atomic E-state index is 11.1. The van der Waals surface area contributed by atoms with Gasteiger partial charge in [-0.3, -0.25) is 4.79 Å². The third-order valence-corrected chi connectivity index (χ3v) is 4.79. The van der Waals surface area contributed by atoms with Gasteiger partial charge in [0, 0.05) is 12.3 Å². The maximum Gasteiger partial charge on any atom is 0.302 e. The molecule has 1 rings (SSSR count). The molecule has 0 N–H and O–H groups in total. The van der Waals surface area contributed by atoms with Crippen molar-refractivity contribution < 1.29 is 9.53 Å². The summed E-state index contributed by atoms with van der Waals surface area (Å²) >= 11 is 0. The molecule has 0 aliphatic heterocycles. The van der Waals surface area contributed by atoms with Crippen molar-refractivity contribution in [1.29, 1.82) is 0 Å². The Labute approximate surface area is 93.4 Å². The SMILES string of the molecule is CCC1CC(OC(C)=O)C(C)(C)C1(C)C. The lowest BCUT2D eigenvalue weighted by Crippen LogP contribution is -2.38. The lowest BCUT2D eigenvalue weighted by atomic mass is 9.66. The average Bonchev–Trinajstić information content (AvgIpc) is 2.24. The Bertz CT molecular complexity index is 253. The predicted octanol–water partition coefficient (Wildman–Crippen LogP) is 3.40. The van der Waals surface area contributed by atoms with Crippen LogP contribution in [-0.4, -0.2) is 12.1 Å². The van der Waals surface area contributed by atoms with Gasteiger partial charge in [0.1, 0.15) is 6.10 Å². The molecule has 1 fully saturated rings. The van der Waals surface area contributed by atoms with Crippen molar-refractivity contribution in [1.82, 2.24) is 0 Å². The van der Waals surface area contributed by atoms with Gasteiger partial charge >= 0.3 is 5.97 Å². The molecule has 0 radical (unpaired) electrons. The molecule has 2 nitrogen and oxygen atoms in total. The van der Waals surface area contributed by atoms with Gasteiger partial charge in [-0.25, -0.2) is 0 Å². The smallest absolute Gasteiger partial charge is 0.302 e. The molecular weight excluding hydrogens is 188 g/mol. The second kappa shape index (κ2) is 3.80. The molecule has 0 aromatic heterocycles. The number of hydrogen-bond donors (Lipinski definition) is 0. The minimum atomic E-state index is -0.152. The molecule has 0 spiro atoms. The summed E-state index contributed by atoms with van der Waals surface area (Å²) < 4.78 is 5.46. The summed E-state index contributed by atoms with van der Waals surface area (Å²) in [5.74, 6) is 0.498. The minimum absolute atomic E-state index is 0.0688. The van der Waals surface area contributed by atoms with Gasteiger partial charge in [-0.1, -0.05) is 41.0 Å². The number of hydrogen-bond acceptors (Lipinski definition) is 2. The molecule has 0 aromatic rings. The van der Waals surface area contributed by atoms with E-state index in [1.165, 1.54) is 6.92 Å². The molecule has 0 heterocycles. The van der Waals surface area contributed by atoms with Crippen molar-refractivity contribution in [3.8, 4) is 0 Å². The molecule has 2 unspecified atom stereocenters. The quantitative estimate of drug-likeness (QED) is 0.656. The Balaban J connectivity index is 2.91. The zero-order valence-corrected chi connectivity index (χ0v) is 10.9. The van der Waals surface area contributed by atoms with Crippen molar-refractivity contribution in [2.24, 2.45) is 16.7 Å². The van der Waals surface area contributed by atoms with Crippen molar-refractivity contribution in [3.05, 3.63) is 0 Å². The van der Waals surface area contributed by atoms with Crippen LogP contribution in [0.2, 0.25) is 0 Å². The van der Waals surface area contributed by atoms with E-state index in [0.717, 1.165) is 12.8 Å². The predicted molar refractivity (Wildman–Crippen MR) is 61.5 cm³/mol. The van der Waals surface area contributed by atoms with E-state index in [4.69, 9.17) is 4.74 Å². The molecule has 2 heteroatoms. The number of carbonyl (C=O) groups excluding carboxylic acids is 1. The van der Waals surface area contributed by atoms with Crippen LogP contribution in [0.3, 0.4) is 0 Å². The van der Waals surface area contributed by atoms with Gasteiger partial charge in [-0.2, -0.15) is 0 Å². The van der Waals surface area contributed by atoms with Crippen LogP contribution in [0.5, 0.6) is 0 Å². The Morgan fingerprint density at radius 2 is 1.80 bits per heavy atom. The summed E-state index contributed by atoms with van der Waals surface area (Å²) in [7, 11) is 0. The van der Waals surface area contributed by atoms with E-state index in [1.54, 1.807) is 0 Å². The second-order valence-corrected chi connectivity index (χ2v) is 5.88. The van der Waals surface area contributed by atoms with E-state index < -0.39 is 0 Å². The molecule has 2 atom stereocenters. The van der Waals surface area contributed by atoms with E-state index in [9.17, 15) is 4.79 Å². The van der Waals surface area contributed by atoms with Crippen LogP contribution < -0.4 is 0 Å². The molecular formula is C13H24O2. The molecule has 0 aromatic carbocycles. The Kier molecular flexibility index (Phi) is 3.18.